The van der Waals surface area contributed by atoms with Gasteiger partial charge in [0.05, 0.1) is 17.5 Å². The summed E-state index contributed by atoms with van der Waals surface area (Å²) in [5, 5.41) is 2.86. The third-order valence-corrected chi connectivity index (χ3v) is 5.50. The van der Waals surface area contributed by atoms with Crippen molar-refractivity contribution in [2.45, 2.75) is 30.7 Å². The number of ether oxygens (including phenoxy) is 1. The summed E-state index contributed by atoms with van der Waals surface area (Å²) in [6.07, 6.45) is 1.74. The van der Waals surface area contributed by atoms with Gasteiger partial charge in [-0.25, -0.2) is 8.42 Å². The third-order valence-electron chi connectivity index (χ3n) is 3.34. The van der Waals surface area contributed by atoms with E-state index in [2.05, 4.69) is 21.2 Å². The molecule has 0 aliphatic carbocycles. The molecule has 8 heteroatoms. The lowest BCUT2D eigenvalue weighted by Crippen LogP contribution is -2.40. The number of carbonyl (C=O) groups excluding carboxylic acids is 1. The van der Waals surface area contributed by atoms with Crippen LogP contribution in [-0.2, 0) is 13.8 Å². The van der Waals surface area contributed by atoms with E-state index in [0.717, 1.165) is 12.8 Å². The van der Waals surface area contributed by atoms with Crippen molar-refractivity contribution in [3.63, 3.8) is 0 Å². The quantitative estimate of drug-likeness (QED) is 0.797. The number of benzene rings is 1. The minimum Gasteiger partial charge on any atom is -0.379 e. The molecule has 1 N–H and O–H groups in total. The molecular formula is C13H15BrClNO4S. The summed E-state index contributed by atoms with van der Waals surface area (Å²) in [4.78, 5) is 12.2. The van der Waals surface area contributed by atoms with Gasteiger partial charge in [0, 0.05) is 27.3 Å². The van der Waals surface area contributed by atoms with Crippen LogP contribution in [-0.4, -0.2) is 33.6 Å². The monoisotopic (exact) mass is 395 g/mol. The lowest BCUT2D eigenvalue weighted by Gasteiger charge is -2.23. The molecule has 21 heavy (non-hydrogen) atoms. The lowest BCUT2D eigenvalue weighted by molar-refractivity contribution is 0.0623. The largest absolute Gasteiger partial charge is 0.379 e. The van der Waals surface area contributed by atoms with Gasteiger partial charge in [0.15, 0.2) is 0 Å². The summed E-state index contributed by atoms with van der Waals surface area (Å²) in [5.74, 6) is -0.328. The summed E-state index contributed by atoms with van der Waals surface area (Å²) < 4.78 is 28.7. The van der Waals surface area contributed by atoms with Crippen molar-refractivity contribution in [3.05, 3.63) is 27.7 Å². The Labute approximate surface area is 136 Å². The maximum atomic E-state index is 12.3. The Morgan fingerprint density at radius 3 is 2.76 bits per heavy atom. The van der Waals surface area contributed by atoms with Crippen molar-refractivity contribution < 1.29 is 17.9 Å². The molecule has 0 saturated carbocycles. The van der Waals surface area contributed by atoms with E-state index in [1.165, 1.54) is 12.1 Å². The lowest BCUT2D eigenvalue weighted by atomic mass is 10.1. The molecule has 1 heterocycles. The highest BCUT2D eigenvalue weighted by molar-refractivity contribution is 9.10. The summed E-state index contributed by atoms with van der Waals surface area (Å²) in [5.41, 5.74) is 0.947. The van der Waals surface area contributed by atoms with Gasteiger partial charge >= 0.3 is 0 Å². The van der Waals surface area contributed by atoms with Crippen molar-refractivity contribution in [2.75, 3.05) is 13.2 Å². The Balaban J connectivity index is 2.29. The maximum absolute atomic E-state index is 12.3. The second-order valence-corrected chi connectivity index (χ2v) is 8.32. The standard InChI is InChI=1S/C13H15BrClNO4S/c1-8-11(5-10(6-12(8)14)21(15,18)19)13(17)16-9-3-2-4-20-7-9/h5-6,9H,2-4,7H2,1H3,(H,16,17). The van der Waals surface area contributed by atoms with E-state index in [4.69, 9.17) is 15.4 Å². The average molecular weight is 397 g/mol. The van der Waals surface area contributed by atoms with Crippen molar-refractivity contribution in [3.8, 4) is 0 Å². The van der Waals surface area contributed by atoms with Crippen LogP contribution >= 0.6 is 26.6 Å². The SMILES string of the molecule is Cc1c(Br)cc(S(=O)(=O)Cl)cc1C(=O)NC1CCCOC1. The zero-order valence-electron chi connectivity index (χ0n) is 11.4. The average Bonchev–Trinajstić information content (AvgIpc) is 2.41. The van der Waals surface area contributed by atoms with Crippen molar-refractivity contribution in [1.82, 2.24) is 5.32 Å². The van der Waals surface area contributed by atoms with Gasteiger partial charge in [-0.05, 0) is 37.5 Å². The highest BCUT2D eigenvalue weighted by atomic mass is 79.9. The first-order chi connectivity index (χ1) is 9.79. The van der Waals surface area contributed by atoms with Gasteiger partial charge in [0.25, 0.3) is 15.0 Å². The van der Waals surface area contributed by atoms with E-state index >= 15 is 0 Å². The van der Waals surface area contributed by atoms with Crippen molar-refractivity contribution >= 4 is 41.6 Å². The molecule has 116 valence electrons. The first-order valence-electron chi connectivity index (χ1n) is 6.42. The van der Waals surface area contributed by atoms with Crippen LogP contribution in [0.5, 0.6) is 0 Å². The van der Waals surface area contributed by atoms with Gasteiger partial charge in [-0.2, -0.15) is 0 Å². The third kappa shape index (κ3) is 4.18. The van der Waals surface area contributed by atoms with E-state index < -0.39 is 9.05 Å². The number of carbonyl (C=O) groups is 1. The zero-order chi connectivity index (χ0) is 15.6. The summed E-state index contributed by atoms with van der Waals surface area (Å²) in [6, 6.07) is 2.63. The van der Waals surface area contributed by atoms with E-state index in [1.807, 2.05) is 0 Å². The number of halogens is 2. The van der Waals surface area contributed by atoms with Crippen LogP contribution in [0.1, 0.15) is 28.8 Å². The van der Waals surface area contributed by atoms with Gasteiger partial charge in [0.1, 0.15) is 0 Å². The van der Waals surface area contributed by atoms with Crippen molar-refractivity contribution in [2.24, 2.45) is 0 Å². The van der Waals surface area contributed by atoms with Crippen molar-refractivity contribution in [1.29, 1.82) is 0 Å². The number of rotatable bonds is 3. The fraction of sp³-hybridized carbons (Fsp3) is 0.462. The topological polar surface area (TPSA) is 72.5 Å². The summed E-state index contributed by atoms with van der Waals surface area (Å²) in [7, 11) is 1.46. The zero-order valence-corrected chi connectivity index (χ0v) is 14.5. The molecule has 1 fully saturated rings. The van der Waals surface area contributed by atoms with E-state index in [1.54, 1.807) is 6.92 Å². The van der Waals surface area contributed by atoms with Crippen LogP contribution in [0.25, 0.3) is 0 Å². The molecule has 5 nitrogen and oxygen atoms in total. The predicted octanol–water partition coefficient (Wildman–Crippen LogP) is 2.59. The summed E-state index contributed by atoms with van der Waals surface area (Å²) >= 11 is 3.26. The summed E-state index contributed by atoms with van der Waals surface area (Å²) in [6.45, 7) is 2.91. The van der Waals surface area contributed by atoms with Gasteiger partial charge < -0.3 is 10.1 Å². The molecule has 1 aliphatic rings. The first kappa shape index (κ1) is 16.7. The van der Waals surface area contributed by atoms with E-state index in [-0.39, 0.29) is 22.4 Å². The molecule has 0 bridgehead atoms. The van der Waals surface area contributed by atoms with Crippen LogP contribution < -0.4 is 5.32 Å². The predicted molar refractivity (Wildman–Crippen MR) is 83.2 cm³/mol. The molecule has 1 amide bonds. The second kappa shape index (κ2) is 6.64. The Morgan fingerprint density at radius 2 is 2.19 bits per heavy atom. The molecule has 1 unspecified atom stereocenters. The molecule has 0 spiro atoms. The second-order valence-electron chi connectivity index (χ2n) is 4.90. The Morgan fingerprint density at radius 1 is 1.48 bits per heavy atom. The molecule has 1 atom stereocenters. The minimum atomic E-state index is -3.89. The molecule has 1 aromatic rings. The molecule has 0 radical (unpaired) electrons. The molecule has 1 aliphatic heterocycles. The number of nitrogens with one attached hydrogen (secondary N) is 1. The van der Waals surface area contributed by atoms with Crippen LogP contribution in [0.4, 0.5) is 0 Å². The smallest absolute Gasteiger partial charge is 0.261 e. The number of hydrogen-bond donors (Lipinski definition) is 1. The Hall–Kier alpha value is -0.630. The first-order valence-corrected chi connectivity index (χ1v) is 9.52. The fourth-order valence-electron chi connectivity index (χ4n) is 2.15. The van der Waals surface area contributed by atoms with Gasteiger partial charge in [-0.15, -0.1) is 0 Å². The normalized spacial score (nSPS) is 19.3. The highest BCUT2D eigenvalue weighted by Crippen LogP contribution is 2.27. The Bertz CT molecular complexity index is 656. The number of amides is 1. The van der Waals surface area contributed by atoms with Crippen LogP contribution in [0.3, 0.4) is 0 Å². The molecule has 1 saturated heterocycles. The molecule has 0 aromatic heterocycles. The Kier molecular flexibility index (Phi) is 5.29. The highest BCUT2D eigenvalue weighted by Gasteiger charge is 2.21. The van der Waals surface area contributed by atoms with Gasteiger partial charge in [-0.3, -0.25) is 4.79 Å². The number of hydrogen-bond acceptors (Lipinski definition) is 4. The maximum Gasteiger partial charge on any atom is 0.261 e. The molecule has 2 rings (SSSR count). The van der Waals surface area contributed by atoms with Crippen LogP contribution in [0.15, 0.2) is 21.5 Å². The van der Waals surface area contributed by atoms with Crippen LogP contribution in [0, 0.1) is 6.92 Å². The van der Waals surface area contributed by atoms with Gasteiger partial charge in [-0.1, -0.05) is 15.9 Å². The molecular weight excluding hydrogens is 382 g/mol. The molecule has 1 aromatic carbocycles. The van der Waals surface area contributed by atoms with Gasteiger partial charge in [0.2, 0.25) is 0 Å². The fourth-order valence-corrected chi connectivity index (χ4v) is 3.54. The van der Waals surface area contributed by atoms with E-state index in [9.17, 15) is 13.2 Å². The van der Waals surface area contributed by atoms with E-state index in [0.29, 0.717) is 23.2 Å². The minimum absolute atomic E-state index is 0.0549. The van der Waals surface area contributed by atoms with Crippen LogP contribution in [0.2, 0.25) is 0 Å².